The molecule has 0 amide bonds. The first-order valence-corrected chi connectivity index (χ1v) is 8.72. The molecule has 0 radical (unpaired) electrons. The van der Waals surface area contributed by atoms with E-state index >= 15 is 0 Å². The molecule has 0 saturated carbocycles. The molecule has 1 aromatic heterocycles. The van der Waals surface area contributed by atoms with Gasteiger partial charge in [0.05, 0.1) is 17.0 Å². The van der Waals surface area contributed by atoms with E-state index in [4.69, 9.17) is 4.74 Å². The Balaban J connectivity index is 1.82. The predicted octanol–water partition coefficient (Wildman–Crippen LogP) is 1.12. The van der Waals surface area contributed by atoms with Crippen molar-refractivity contribution in [3.05, 3.63) is 15.9 Å². The molecular formula is C10H15BrN2O3S2. The van der Waals surface area contributed by atoms with E-state index in [9.17, 15) is 8.42 Å². The van der Waals surface area contributed by atoms with Crippen LogP contribution < -0.4 is 4.72 Å². The molecule has 1 fully saturated rings. The largest absolute Gasteiger partial charge is 0.379 e. The van der Waals surface area contributed by atoms with Gasteiger partial charge in [0.25, 0.3) is 0 Å². The standard InChI is InChI=1S/C10H15BrN2O3S2/c11-9-1-2-10(17-9)18(14,15)12-3-4-13-5-7-16-8-6-13/h1-2,12H,3-8H2. The number of hydrogen-bond acceptors (Lipinski definition) is 5. The highest BCUT2D eigenvalue weighted by atomic mass is 79.9. The third-order valence-electron chi connectivity index (χ3n) is 2.64. The van der Waals surface area contributed by atoms with Gasteiger partial charge < -0.3 is 4.74 Å². The molecule has 0 spiro atoms. The maximum Gasteiger partial charge on any atom is 0.250 e. The molecule has 0 bridgehead atoms. The van der Waals surface area contributed by atoms with Crippen molar-refractivity contribution in [1.29, 1.82) is 0 Å². The lowest BCUT2D eigenvalue weighted by atomic mass is 10.4. The summed E-state index contributed by atoms with van der Waals surface area (Å²) in [6, 6.07) is 3.34. The monoisotopic (exact) mass is 354 g/mol. The molecule has 1 aliphatic heterocycles. The summed E-state index contributed by atoms with van der Waals surface area (Å²) in [5.41, 5.74) is 0. The van der Waals surface area contributed by atoms with E-state index in [0.717, 1.165) is 36.6 Å². The summed E-state index contributed by atoms with van der Waals surface area (Å²) in [5, 5.41) is 0. The van der Waals surface area contributed by atoms with E-state index in [1.165, 1.54) is 11.3 Å². The van der Waals surface area contributed by atoms with Gasteiger partial charge in [-0.3, -0.25) is 4.90 Å². The Bertz CT molecular complexity index is 483. The zero-order valence-electron chi connectivity index (χ0n) is 9.76. The molecule has 1 saturated heterocycles. The van der Waals surface area contributed by atoms with Gasteiger partial charge in [0, 0.05) is 26.2 Å². The van der Waals surface area contributed by atoms with Gasteiger partial charge in [-0.25, -0.2) is 13.1 Å². The highest BCUT2D eigenvalue weighted by Crippen LogP contribution is 2.25. The first-order chi connectivity index (χ1) is 8.58. The Labute approximate surface area is 119 Å². The molecule has 1 aromatic rings. The van der Waals surface area contributed by atoms with Crippen molar-refractivity contribution in [1.82, 2.24) is 9.62 Å². The summed E-state index contributed by atoms with van der Waals surface area (Å²) < 4.78 is 32.9. The third kappa shape index (κ3) is 4.01. The maximum atomic E-state index is 11.9. The fraction of sp³-hybridized carbons (Fsp3) is 0.600. The number of halogens is 1. The summed E-state index contributed by atoms with van der Waals surface area (Å²) in [5.74, 6) is 0. The van der Waals surface area contributed by atoms with Crippen molar-refractivity contribution >= 4 is 37.3 Å². The van der Waals surface area contributed by atoms with Crippen LogP contribution in [0.25, 0.3) is 0 Å². The number of morpholine rings is 1. The van der Waals surface area contributed by atoms with Crippen LogP contribution in [-0.4, -0.2) is 52.7 Å². The van der Waals surface area contributed by atoms with E-state index in [0.29, 0.717) is 10.8 Å². The van der Waals surface area contributed by atoms with Crippen LogP contribution in [0.3, 0.4) is 0 Å². The average molecular weight is 355 g/mol. The van der Waals surface area contributed by atoms with E-state index < -0.39 is 10.0 Å². The highest BCUT2D eigenvalue weighted by molar-refractivity contribution is 9.11. The maximum absolute atomic E-state index is 11.9. The minimum Gasteiger partial charge on any atom is -0.379 e. The molecule has 0 unspecified atom stereocenters. The zero-order valence-corrected chi connectivity index (χ0v) is 13.0. The van der Waals surface area contributed by atoms with Crippen LogP contribution in [-0.2, 0) is 14.8 Å². The number of thiophene rings is 1. The predicted molar refractivity (Wildman–Crippen MR) is 74.5 cm³/mol. The Morgan fingerprint density at radius 1 is 1.39 bits per heavy atom. The van der Waals surface area contributed by atoms with Gasteiger partial charge in [0.2, 0.25) is 10.0 Å². The smallest absolute Gasteiger partial charge is 0.250 e. The van der Waals surface area contributed by atoms with Gasteiger partial charge in [-0.1, -0.05) is 0 Å². The molecular weight excluding hydrogens is 340 g/mol. The van der Waals surface area contributed by atoms with E-state index in [2.05, 4.69) is 25.6 Å². The molecule has 18 heavy (non-hydrogen) atoms. The van der Waals surface area contributed by atoms with Crippen molar-refractivity contribution in [3.8, 4) is 0 Å². The number of rotatable bonds is 5. The van der Waals surface area contributed by atoms with Crippen molar-refractivity contribution in [2.24, 2.45) is 0 Å². The van der Waals surface area contributed by atoms with Crippen LogP contribution in [0, 0.1) is 0 Å². The van der Waals surface area contributed by atoms with Gasteiger partial charge >= 0.3 is 0 Å². The molecule has 1 N–H and O–H groups in total. The summed E-state index contributed by atoms with van der Waals surface area (Å²) in [6.07, 6.45) is 0. The molecule has 8 heteroatoms. The molecule has 102 valence electrons. The Kier molecular flexibility index (Phi) is 5.16. The number of sulfonamides is 1. The van der Waals surface area contributed by atoms with Gasteiger partial charge in [0.1, 0.15) is 4.21 Å². The lowest BCUT2D eigenvalue weighted by molar-refractivity contribution is 0.0390. The zero-order chi connectivity index (χ0) is 13.0. The highest BCUT2D eigenvalue weighted by Gasteiger charge is 2.17. The van der Waals surface area contributed by atoms with Crippen LogP contribution in [0.15, 0.2) is 20.1 Å². The first-order valence-electron chi connectivity index (χ1n) is 5.63. The molecule has 5 nitrogen and oxygen atoms in total. The number of nitrogens with one attached hydrogen (secondary N) is 1. The van der Waals surface area contributed by atoms with Gasteiger partial charge in [-0.2, -0.15) is 0 Å². The first kappa shape index (κ1) is 14.4. The summed E-state index contributed by atoms with van der Waals surface area (Å²) >= 11 is 4.47. The second-order valence-electron chi connectivity index (χ2n) is 3.91. The Morgan fingerprint density at radius 2 is 2.11 bits per heavy atom. The minimum absolute atomic E-state index is 0.344. The van der Waals surface area contributed by atoms with E-state index in [1.807, 2.05) is 0 Å². The van der Waals surface area contributed by atoms with Crippen molar-refractivity contribution in [2.45, 2.75) is 4.21 Å². The second kappa shape index (κ2) is 6.44. The van der Waals surface area contributed by atoms with Crippen molar-refractivity contribution in [2.75, 3.05) is 39.4 Å². The quantitative estimate of drug-likeness (QED) is 0.860. The van der Waals surface area contributed by atoms with Gasteiger partial charge in [0.15, 0.2) is 0 Å². The molecule has 0 atom stereocenters. The Morgan fingerprint density at radius 3 is 2.72 bits per heavy atom. The van der Waals surface area contributed by atoms with E-state index in [1.54, 1.807) is 12.1 Å². The van der Waals surface area contributed by atoms with Crippen LogP contribution in [0.1, 0.15) is 0 Å². The van der Waals surface area contributed by atoms with Crippen molar-refractivity contribution < 1.29 is 13.2 Å². The molecule has 2 rings (SSSR count). The van der Waals surface area contributed by atoms with Crippen LogP contribution >= 0.6 is 27.3 Å². The van der Waals surface area contributed by atoms with Crippen LogP contribution in [0.4, 0.5) is 0 Å². The van der Waals surface area contributed by atoms with Gasteiger partial charge in [-0.05, 0) is 28.1 Å². The molecule has 0 aromatic carbocycles. The molecule has 2 heterocycles. The van der Waals surface area contributed by atoms with Crippen molar-refractivity contribution in [3.63, 3.8) is 0 Å². The number of ether oxygens (including phenoxy) is 1. The lowest BCUT2D eigenvalue weighted by Gasteiger charge is -2.26. The third-order valence-corrected chi connectivity index (χ3v) is 6.21. The topological polar surface area (TPSA) is 58.6 Å². The second-order valence-corrected chi connectivity index (χ2v) is 8.37. The molecule has 0 aliphatic carbocycles. The van der Waals surface area contributed by atoms with Gasteiger partial charge in [-0.15, -0.1) is 11.3 Å². The van der Waals surface area contributed by atoms with Crippen LogP contribution in [0.5, 0.6) is 0 Å². The normalized spacial score (nSPS) is 18.1. The minimum atomic E-state index is -3.36. The fourth-order valence-electron chi connectivity index (χ4n) is 1.68. The SMILES string of the molecule is O=S(=O)(NCCN1CCOCC1)c1ccc(Br)s1. The summed E-state index contributed by atoms with van der Waals surface area (Å²) in [6.45, 7) is 4.33. The number of hydrogen-bond donors (Lipinski definition) is 1. The summed E-state index contributed by atoms with van der Waals surface area (Å²) in [7, 11) is -3.36. The fourth-order valence-corrected chi connectivity index (χ4v) is 4.75. The molecule has 1 aliphatic rings. The number of nitrogens with zero attached hydrogens (tertiary/aromatic N) is 1. The van der Waals surface area contributed by atoms with Crippen LogP contribution in [0.2, 0.25) is 0 Å². The Hall–Kier alpha value is 0.01000. The summed E-state index contributed by atoms with van der Waals surface area (Å²) in [4.78, 5) is 2.19. The van der Waals surface area contributed by atoms with E-state index in [-0.39, 0.29) is 0 Å². The lowest BCUT2D eigenvalue weighted by Crippen LogP contribution is -2.41. The average Bonchev–Trinajstić information content (AvgIpc) is 2.78.